The van der Waals surface area contributed by atoms with Gasteiger partial charge in [0, 0.05) is 12.6 Å². The molecule has 1 fully saturated rings. The molecule has 0 radical (unpaired) electrons. The zero-order valence-electron chi connectivity index (χ0n) is 8.69. The van der Waals surface area contributed by atoms with E-state index in [1.165, 1.54) is 6.26 Å². The molecular weight excluding hydrogens is 192 g/mol. The first-order chi connectivity index (χ1) is 7.38. The lowest BCUT2D eigenvalue weighted by molar-refractivity contribution is 0.113. The van der Waals surface area contributed by atoms with Crippen LogP contribution in [0, 0.1) is 0 Å². The molecule has 0 atom stereocenters. The minimum atomic E-state index is -0.234. The first-order valence-corrected chi connectivity index (χ1v) is 5.37. The molecule has 82 valence electrons. The number of carbonyl (C=O) groups excluding carboxylic acids is 1. The number of rotatable bonds is 1. The van der Waals surface area contributed by atoms with E-state index in [1.807, 2.05) is 12.2 Å². The van der Waals surface area contributed by atoms with Gasteiger partial charge >= 0.3 is 6.09 Å². The van der Waals surface area contributed by atoms with Crippen LogP contribution >= 0.6 is 0 Å². The Hall–Kier alpha value is -1.29. The van der Waals surface area contributed by atoms with Gasteiger partial charge in [0.05, 0.1) is 6.26 Å². The predicted octanol–water partition coefficient (Wildman–Crippen LogP) is 1.26. The van der Waals surface area contributed by atoms with Crippen LogP contribution in [0.15, 0.2) is 24.5 Å². The quantitative estimate of drug-likeness (QED) is 0.705. The van der Waals surface area contributed by atoms with Gasteiger partial charge in [-0.25, -0.2) is 4.79 Å². The Morgan fingerprint density at radius 1 is 1.33 bits per heavy atom. The Balaban J connectivity index is 2.01. The highest BCUT2D eigenvalue weighted by atomic mass is 16.5. The van der Waals surface area contributed by atoms with Gasteiger partial charge in [0.1, 0.15) is 0 Å². The maximum Gasteiger partial charge on any atom is 0.415 e. The van der Waals surface area contributed by atoms with Crippen molar-refractivity contribution in [3.05, 3.63) is 24.5 Å². The molecule has 0 aromatic rings. The van der Waals surface area contributed by atoms with Crippen molar-refractivity contribution < 1.29 is 9.53 Å². The van der Waals surface area contributed by atoms with Crippen LogP contribution < -0.4 is 5.32 Å². The van der Waals surface area contributed by atoms with E-state index < -0.39 is 0 Å². The van der Waals surface area contributed by atoms with Crippen LogP contribution in [0.4, 0.5) is 4.79 Å². The second-order valence-corrected chi connectivity index (χ2v) is 3.77. The van der Waals surface area contributed by atoms with Gasteiger partial charge in [-0.3, -0.25) is 0 Å². The van der Waals surface area contributed by atoms with Crippen molar-refractivity contribution >= 4 is 6.09 Å². The lowest BCUT2D eigenvalue weighted by Gasteiger charge is -2.33. The van der Waals surface area contributed by atoms with Crippen LogP contribution in [0.25, 0.3) is 0 Å². The number of cyclic esters (lactones) is 1. The summed E-state index contributed by atoms with van der Waals surface area (Å²) in [5.41, 5.74) is 0. The van der Waals surface area contributed by atoms with Gasteiger partial charge in [-0.05, 0) is 32.0 Å². The lowest BCUT2D eigenvalue weighted by Crippen LogP contribution is -2.46. The fraction of sp³-hybridized carbons (Fsp3) is 0.545. The van der Waals surface area contributed by atoms with Crippen LogP contribution in [-0.4, -0.2) is 36.7 Å². The monoisotopic (exact) mass is 208 g/mol. The van der Waals surface area contributed by atoms with Gasteiger partial charge in [-0.2, -0.15) is 0 Å². The average molecular weight is 208 g/mol. The lowest BCUT2D eigenvalue weighted by atomic mass is 10.1. The normalized spacial score (nSPS) is 27.7. The minimum Gasteiger partial charge on any atom is -0.418 e. The summed E-state index contributed by atoms with van der Waals surface area (Å²) in [6.45, 7) is 2.61. The van der Waals surface area contributed by atoms with Crippen molar-refractivity contribution in [2.75, 3.05) is 19.6 Å². The number of allylic oxidation sites excluding steroid dienone is 2. The predicted molar refractivity (Wildman–Crippen MR) is 57.4 cm³/mol. The maximum atomic E-state index is 11.7. The highest BCUT2D eigenvalue weighted by Gasteiger charge is 2.25. The summed E-state index contributed by atoms with van der Waals surface area (Å²) in [6, 6.07) is 0.315. The molecule has 0 aromatic heterocycles. The van der Waals surface area contributed by atoms with Crippen molar-refractivity contribution in [1.29, 1.82) is 0 Å². The molecule has 2 rings (SSSR count). The molecule has 4 heteroatoms. The first-order valence-electron chi connectivity index (χ1n) is 5.37. The van der Waals surface area contributed by atoms with Gasteiger partial charge in [0.15, 0.2) is 0 Å². The van der Waals surface area contributed by atoms with Crippen LogP contribution in [0.5, 0.6) is 0 Å². The zero-order chi connectivity index (χ0) is 10.5. The highest BCUT2D eigenvalue weighted by molar-refractivity contribution is 5.69. The van der Waals surface area contributed by atoms with E-state index in [9.17, 15) is 4.79 Å². The van der Waals surface area contributed by atoms with Gasteiger partial charge in [-0.15, -0.1) is 0 Å². The Morgan fingerprint density at radius 3 is 2.93 bits per heavy atom. The molecule has 1 amide bonds. The standard InChI is InChI=1S/C11H16N2O2/c14-11-13(8-2-1-3-9-15-11)10-4-6-12-7-5-10/h1-3,9-10,12H,4-8H2/b2-1-,9-3-. The van der Waals surface area contributed by atoms with Crippen LogP contribution in [0.3, 0.4) is 0 Å². The Morgan fingerprint density at radius 2 is 2.13 bits per heavy atom. The Bertz CT molecular complexity index is 280. The van der Waals surface area contributed by atoms with E-state index in [4.69, 9.17) is 4.74 Å². The summed E-state index contributed by atoms with van der Waals surface area (Å²) in [4.78, 5) is 13.5. The smallest absolute Gasteiger partial charge is 0.415 e. The maximum absolute atomic E-state index is 11.7. The number of ether oxygens (including phenoxy) is 1. The third kappa shape index (κ3) is 2.59. The van der Waals surface area contributed by atoms with E-state index in [-0.39, 0.29) is 6.09 Å². The molecule has 2 aliphatic rings. The summed E-state index contributed by atoms with van der Waals surface area (Å²) < 4.78 is 4.98. The zero-order valence-corrected chi connectivity index (χ0v) is 8.69. The van der Waals surface area contributed by atoms with E-state index in [0.29, 0.717) is 12.6 Å². The Labute approximate surface area is 89.6 Å². The third-order valence-corrected chi connectivity index (χ3v) is 2.78. The van der Waals surface area contributed by atoms with E-state index in [1.54, 1.807) is 11.0 Å². The Kier molecular flexibility index (Phi) is 3.40. The summed E-state index contributed by atoms with van der Waals surface area (Å²) in [7, 11) is 0. The van der Waals surface area contributed by atoms with Crippen molar-refractivity contribution in [3.8, 4) is 0 Å². The molecule has 0 unspecified atom stereocenters. The molecule has 1 N–H and O–H groups in total. The first kappa shape index (κ1) is 10.2. The minimum absolute atomic E-state index is 0.234. The highest BCUT2D eigenvalue weighted by Crippen LogP contribution is 2.14. The summed E-state index contributed by atoms with van der Waals surface area (Å²) in [5.74, 6) is 0. The van der Waals surface area contributed by atoms with Crippen LogP contribution in [0.1, 0.15) is 12.8 Å². The van der Waals surface area contributed by atoms with E-state index in [2.05, 4.69) is 5.32 Å². The molecule has 1 saturated heterocycles. The summed E-state index contributed by atoms with van der Waals surface area (Å²) in [6.07, 6.45) is 8.84. The van der Waals surface area contributed by atoms with Crippen LogP contribution in [0.2, 0.25) is 0 Å². The molecule has 2 heterocycles. The fourth-order valence-electron chi connectivity index (χ4n) is 1.95. The van der Waals surface area contributed by atoms with Gasteiger partial charge in [0.2, 0.25) is 0 Å². The topological polar surface area (TPSA) is 41.6 Å². The third-order valence-electron chi connectivity index (χ3n) is 2.78. The fourth-order valence-corrected chi connectivity index (χ4v) is 1.95. The van der Waals surface area contributed by atoms with Gasteiger partial charge in [0.25, 0.3) is 0 Å². The molecule has 4 nitrogen and oxygen atoms in total. The van der Waals surface area contributed by atoms with Crippen LogP contribution in [-0.2, 0) is 4.74 Å². The molecule has 0 saturated carbocycles. The van der Waals surface area contributed by atoms with Gasteiger partial charge < -0.3 is 15.0 Å². The summed E-state index contributed by atoms with van der Waals surface area (Å²) in [5, 5.41) is 3.29. The molecular formula is C11H16N2O2. The molecule has 0 aliphatic carbocycles. The average Bonchev–Trinajstić information content (AvgIpc) is 2.25. The summed E-state index contributed by atoms with van der Waals surface area (Å²) >= 11 is 0. The number of carbonyl (C=O) groups is 1. The number of amides is 1. The van der Waals surface area contributed by atoms with Crippen molar-refractivity contribution in [2.24, 2.45) is 0 Å². The van der Waals surface area contributed by atoms with E-state index in [0.717, 1.165) is 25.9 Å². The van der Waals surface area contributed by atoms with Crippen molar-refractivity contribution in [2.45, 2.75) is 18.9 Å². The van der Waals surface area contributed by atoms with E-state index >= 15 is 0 Å². The molecule has 15 heavy (non-hydrogen) atoms. The largest absolute Gasteiger partial charge is 0.418 e. The molecule has 0 spiro atoms. The SMILES string of the molecule is O=C1O/C=C\C=C/CN1C1CCNCC1. The second-order valence-electron chi connectivity index (χ2n) is 3.77. The number of hydrogen-bond donors (Lipinski definition) is 1. The molecule has 0 bridgehead atoms. The number of piperidine rings is 1. The second kappa shape index (κ2) is 4.98. The molecule has 0 aromatic carbocycles. The number of nitrogens with zero attached hydrogens (tertiary/aromatic N) is 1. The van der Waals surface area contributed by atoms with Gasteiger partial charge in [-0.1, -0.05) is 12.2 Å². The number of nitrogens with one attached hydrogen (secondary N) is 1. The number of hydrogen-bond acceptors (Lipinski definition) is 3. The van der Waals surface area contributed by atoms with Crippen molar-refractivity contribution in [1.82, 2.24) is 10.2 Å². The molecule has 2 aliphatic heterocycles. The van der Waals surface area contributed by atoms with Crippen molar-refractivity contribution in [3.63, 3.8) is 0 Å².